The molecule has 0 atom stereocenters. The Kier molecular flexibility index (Phi) is 11.8. The third-order valence-corrected chi connectivity index (χ3v) is 3.98. The zero-order valence-electron chi connectivity index (χ0n) is 15.7. The highest BCUT2D eigenvalue weighted by Gasteiger charge is 2.01. The number of rotatable bonds is 13. The summed E-state index contributed by atoms with van der Waals surface area (Å²) >= 11 is 0. The van der Waals surface area contributed by atoms with E-state index in [1.165, 1.54) is 38.5 Å². The number of aryl methyl sites for hydroxylation is 1. The molecule has 6 heteroatoms. The molecule has 24 heavy (non-hydrogen) atoms. The molecule has 0 spiro atoms. The maximum absolute atomic E-state index is 5.68. The topological polar surface area (TPSA) is 63.5 Å². The quantitative estimate of drug-likeness (QED) is 0.330. The van der Waals surface area contributed by atoms with E-state index in [0.717, 1.165) is 37.8 Å². The minimum Gasteiger partial charge on any atom is -0.381 e. The van der Waals surface area contributed by atoms with Crippen molar-refractivity contribution in [2.75, 3.05) is 26.8 Å². The van der Waals surface area contributed by atoms with Crippen LogP contribution in [0.1, 0.15) is 57.6 Å². The van der Waals surface area contributed by atoms with Crippen LogP contribution in [-0.4, -0.2) is 42.5 Å². The molecule has 0 aliphatic rings. The Bertz CT molecular complexity index is 444. The summed E-state index contributed by atoms with van der Waals surface area (Å²) in [5.41, 5.74) is 1.13. The Morgan fingerprint density at radius 3 is 2.58 bits per heavy atom. The number of hydrogen-bond acceptors (Lipinski definition) is 3. The zero-order valence-corrected chi connectivity index (χ0v) is 15.7. The molecule has 6 nitrogen and oxygen atoms in total. The van der Waals surface area contributed by atoms with Gasteiger partial charge in [-0.25, -0.2) is 0 Å². The molecule has 0 fully saturated rings. The van der Waals surface area contributed by atoms with Gasteiger partial charge >= 0.3 is 0 Å². The first-order chi connectivity index (χ1) is 11.8. The first-order valence-electron chi connectivity index (χ1n) is 9.27. The van der Waals surface area contributed by atoms with Crippen molar-refractivity contribution in [3.8, 4) is 0 Å². The van der Waals surface area contributed by atoms with E-state index in [1.54, 1.807) is 13.2 Å². The normalized spacial score (nSPS) is 11.7. The van der Waals surface area contributed by atoms with Gasteiger partial charge in [0.15, 0.2) is 5.96 Å². The van der Waals surface area contributed by atoms with Crippen LogP contribution in [0.2, 0.25) is 0 Å². The van der Waals surface area contributed by atoms with Gasteiger partial charge in [-0.15, -0.1) is 0 Å². The van der Waals surface area contributed by atoms with Gasteiger partial charge in [-0.05, 0) is 18.9 Å². The second-order valence-corrected chi connectivity index (χ2v) is 6.03. The molecule has 0 saturated carbocycles. The average molecular weight is 338 g/mol. The Morgan fingerprint density at radius 1 is 1.12 bits per heavy atom. The molecule has 0 aliphatic heterocycles. The van der Waals surface area contributed by atoms with Crippen LogP contribution in [0.25, 0.3) is 0 Å². The highest BCUT2D eigenvalue weighted by atomic mass is 16.5. The van der Waals surface area contributed by atoms with Gasteiger partial charge in [0, 0.05) is 40.1 Å². The van der Waals surface area contributed by atoms with Gasteiger partial charge in [0.1, 0.15) is 0 Å². The molecule has 1 aromatic rings. The number of guanidine groups is 1. The van der Waals surface area contributed by atoms with Crippen molar-refractivity contribution in [1.82, 2.24) is 20.4 Å². The van der Waals surface area contributed by atoms with Crippen LogP contribution in [0.4, 0.5) is 0 Å². The lowest BCUT2D eigenvalue weighted by Gasteiger charge is -2.12. The molecule has 2 N–H and O–H groups in total. The fraction of sp³-hybridized carbons (Fsp3) is 0.778. The number of aliphatic imine (C=N–C) groups is 1. The molecule has 0 radical (unpaired) electrons. The minimum absolute atomic E-state index is 0.713. The summed E-state index contributed by atoms with van der Waals surface area (Å²) in [5, 5.41) is 10.7. The van der Waals surface area contributed by atoms with Crippen LogP contribution in [0, 0.1) is 0 Å². The number of hydrogen-bond donors (Lipinski definition) is 2. The molecule has 0 bridgehead atoms. The van der Waals surface area contributed by atoms with Gasteiger partial charge in [0.05, 0.1) is 12.2 Å². The van der Waals surface area contributed by atoms with Gasteiger partial charge in [0.2, 0.25) is 0 Å². The third kappa shape index (κ3) is 9.55. The standard InChI is InChI=1S/C18H35N5O/c1-4-5-6-7-8-9-14-24-15-10-12-20-18(19-2)21-16-17-11-13-22-23(17)3/h11,13H,4-10,12,14-16H2,1-3H3,(H2,19,20,21). The van der Waals surface area contributed by atoms with E-state index in [1.807, 2.05) is 17.8 Å². The smallest absolute Gasteiger partial charge is 0.191 e. The van der Waals surface area contributed by atoms with Crippen molar-refractivity contribution in [2.45, 2.75) is 58.4 Å². The van der Waals surface area contributed by atoms with Crippen molar-refractivity contribution in [1.29, 1.82) is 0 Å². The van der Waals surface area contributed by atoms with Crippen LogP contribution in [0.5, 0.6) is 0 Å². The van der Waals surface area contributed by atoms with Gasteiger partial charge in [-0.1, -0.05) is 39.0 Å². The SMILES string of the molecule is CCCCCCCCOCCCNC(=NC)NCc1ccnn1C. The lowest BCUT2D eigenvalue weighted by Crippen LogP contribution is -2.38. The summed E-state index contributed by atoms with van der Waals surface area (Å²) in [6.45, 7) is 5.52. The molecule has 0 unspecified atom stereocenters. The maximum Gasteiger partial charge on any atom is 0.191 e. The highest BCUT2D eigenvalue weighted by molar-refractivity contribution is 5.79. The summed E-state index contributed by atoms with van der Waals surface area (Å²) in [4.78, 5) is 4.22. The Hall–Kier alpha value is -1.56. The van der Waals surface area contributed by atoms with Crippen LogP contribution in [0.15, 0.2) is 17.3 Å². The Morgan fingerprint density at radius 2 is 1.88 bits per heavy atom. The Balaban J connectivity index is 1.94. The van der Waals surface area contributed by atoms with Gasteiger partial charge in [0.25, 0.3) is 0 Å². The minimum atomic E-state index is 0.713. The summed E-state index contributed by atoms with van der Waals surface area (Å²) in [5.74, 6) is 0.812. The first kappa shape index (κ1) is 20.5. The largest absolute Gasteiger partial charge is 0.381 e. The molecule has 0 aliphatic carbocycles. The predicted molar refractivity (Wildman–Crippen MR) is 100 cm³/mol. The molecular weight excluding hydrogens is 302 g/mol. The van der Waals surface area contributed by atoms with Crippen LogP contribution in [-0.2, 0) is 18.3 Å². The first-order valence-corrected chi connectivity index (χ1v) is 9.27. The van der Waals surface area contributed by atoms with Gasteiger partial charge in [-0.2, -0.15) is 5.10 Å². The van der Waals surface area contributed by atoms with Crippen molar-refractivity contribution >= 4 is 5.96 Å². The molecule has 0 amide bonds. The fourth-order valence-corrected chi connectivity index (χ4v) is 2.44. The molecule has 1 aromatic heterocycles. The second kappa shape index (κ2) is 13.8. The van der Waals surface area contributed by atoms with Crippen LogP contribution >= 0.6 is 0 Å². The molecule has 0 saturated heterocycles. The predicted octanol–water partition coefficient (Wildman–Crippen LogP) is 2.85. The molecular formula is C18H35N5O. The van der Waals surface area contributed by atoms with Crippen LogP contribution in [0.3, 0.4) is 0 Å². The van der Waals surface area contributed by atoms with Gasteiger partial charge in [-0.3, -0.25) is 9.67 Å². The van der Waals surface area contributed by atoms with Gasteiger partial charge < -0.3 is 15.4 Å². The number of aromatic nitrogens is 2. The van der Waals surface area contributed by atoms with E-state index in [4.69, 9.17) is 4.74 Å². The lowest BCUT2D eigenvalue weighted by atomic mass is 10.1. The average Bonchev–Trinajstić information content (AvgIpc) is 3.00. The molecule has 1 heterocycles. The van der Waals surface area contributed by atoms with Crippen molar-refractivity contribution < 1.29 is 4.74 Å². The van der Waals surface area contributed by atoms with Crippen molar-refractivity contribution in [2.24, 2.45) is 12.0 Å². The fourth-order valence-electron chi connectivity index (χ4n) is 2.44. The number of nitrogens with one attached hydrogen (secondary N) is 2. The van der Waals surface area contributed by atoms with E-state index in [-0.39, 0.29) is 0 Å². The highest BCUT2D eigenvalue weighted by Crippen LogP contribution is 2.04. The maximum atomic E-state index is 5.68. The molecule has 138 valence electrons. The second-order valence-electron chi connectivity index (χ2n) is 6.03. The molecule has 1 rings (SSSR count). The van der Waals surface area contributed by atoms with Crippen molar-refractivity contribution in [3.05, 3.63) is 18.0 Å². The summed E-state index contributed by atoms with van der Waals surface area (Å²) in [7, 11) is 3.72. The van der Waals surface area contributed by atoms with Crippen molar-refractivity contribution in [3.63, 3.8) is 0 Å². The number of nitrogens with zero attached hydrogens (tertiary/aromatic N) is 3. The van der Waals surface area contributed by atoms with E-state index in [0.29, 0.717) is 6.54 Å². The Labute approximate surface area is 147 Å². The van der Waals surface area contributed by atoms with E-state index < -0.39 is 0 Å². The monoisotopic (exact) mass is 337 g/mol. The third-order valence-electron chi connectivity index (χ3n) is 3.98. The number of unbranched alkanes of at least 4 members (excludes halogenated alkanes) is 5. The number of ether oxygens (including phenoxy) is 1. The summed E-state index contributed by atoms with van der Waals surface area (Å²) in [6, 6.07) is 2.00. The van der Waals surface area contributed by atoms with E-state index >= 15 is 0 Å². The van der Waals surface area contributed by atoms with Crippen LogP contribution < -0.4 is 10.6 Å². The molecule has 0 aromatic carbocycles. The lowest BCUT2D eigenvalue weighted by molar-refractivity contribution is 0.128. The summed E-state index contributed by atoms with van der Waals surface area (Å²) in [6.07, 6.45) is 10.7. The summed E-state index contributed by atoms with van der Waals surface area (Å²) < 4.78 is 7.54. The van der Waals surface area contributed by atoms with E-state index in [2.05, 4.69) is 27.6 Å². The van der Waals surface area contributed by atoms with E-state index in [9.17, 15) is 0 Å². The zero-order chi connectivity index (χ0) is 17.5.